The van der Waals surface area contributed by atoms with E-state index in [1.54, 1.807) is 13.3 Å². The van der Waals surface area contributed by atoms with Crippen LogP contribution in [-0.4, -0.2) is 39.1 Å². The predicted molar refractivity (Wildman–Crippen MR) is 129 cm³/mol. The zero-order valence-corrected chi connectivity index (χ0v) is 19.0. The van der Waals surface area contributed by atoms with Crippen LogP contribution in [0, 0.1) is 0 Å². The number of ether oxygens (including phenoxy) is 1. The zero-order chi connectivity index (χ0) is 22.5. The van der Waals surface area contributed by atoms with Gasteiger partial charge < -0.3 is 24.8 Å². The highest BCUT2D eigenvalue weighted by Crippen LogP contribution is 2.38. The molecular formula is C24H27N5O2S. The largest absolute Gasteiger partial charge is 0.495 e. The number of nitrogens with zero attached hydrogens (tertiary/aromatic N) is 3. The minimum Gasteiger partial charge on any atom is -0.495 e. The molecule has 1 aliphatic rings. The Morgan fingerprint density at radius 2 is 2.00 bits per heavy atom. The van der Waals surface area contributed by atoms with Gasteiger partial charge in [-0.25, -0.2) is 0 Å². The van der Waals surface area contributed by atoms with Crippen LogP contribution in [0.25, 0.3) is 0 Å². The molecule has 1 fully saturated rings. The molecule has 2 atom stereocenters. The van der Waals surface area contributed by atoms with Gasteiger partial charge in [-0.3, -0.25) is 9.78 Å². The third-order valence-corrected chi connectivity index (χ3v) is 6.02. The molecule has 1 aromatic carbocycles. The second kappa shape index (κ2) is 9.82. The van der Waals surface area contributed by atoms with E-state index in [0.29, 0.717) is 23.1 Å². The van der Waals surface area contributed by atoms with Gasteiger partial charge in [0.05, 0.1) is 30.6 Å². The van der Waals surface area contributed by atoms with Crippen molar-refractivity contribution >= 4 is 28.9 Å². The first kappa shape index (κ1) is 21.8. The average Bonchev–Trinajstić information content (AvgIpc) is 3.42. The van der Waals surface area contributed by atoms with Crippen LogP contribution in [0.1, 0.15) is 36.8 Å². The molecule has 3 aromatic rings. The molecule has 1 aliphatic heterocycles. The Morgan fingerprint density at radius 3 is 2.75 bits per heavy atom. The number of anilines is 1. The van der Waals surface area contributed by atoms with E-state index in [-0.39, 0.29) is 24.4 Å². The third kappa shape index (κ3) is 4.45. The molecule has 4 rings (SSSR count). The molecule has 1 saturated heterocycles. The van der Waals surface area contributed by atoms with Crippen LogP contribution in [0.3, 0.4) is 0 Å². The summed E-state index contributed by atoms with van der Waals surface area (Å²) in [5, 5.41) is 7.00. The fraction of sp³-hybridized carbons (Fsp3) is 0.292. The van der Waals surface area contributed by atoms with Gasteiger partial charge in [-0.2, -0.15) is 0 Å². The number of methoxy groups -OCH3 is 1. The van der Waals surface area contributed by atoms with E-state index in [4.69, 9.17) is 17.0 Å². The first-order valence-corrected chi connectivity index (χ1v) is 11.1. The first-order chi connectivity index (χ1) is 15.6. The highest BCUT2D eigenvalue weighted by molar-refractivity contribution is 7.80. The van der Waals surface area contributed by atoms with E-state index in [1.165, 1.54) is 0 Å². The molecule has 8 heteroatoms. The van der Waals surface area contributed by atoms with Crippen LogP contribution < -0.4 is 15.4 Å². The topological polar surface area (TPSA) is 71.4 Å². The van der Waals surface area contributed by atoms with Gasteiger partial charge in [-0.1, -0.05) is 18.2 Å². The lowest BCUT2D eigenvalue weighted by molar-refractivity contribution is -0.116. The molecule has 1 amide bonds. The number of thiocarbonyl (C=S) groups is 1. The lowest BCUT2D eigenvalue weighted by Gasteiger charge is -2.28. The summed E-state index contributed by atoms with van der Waals surface area (Å²) in [4.78, 5) is 19.4. The lowest BCUT2D eigenvalue weighted by Crippen LogP contribution is -2.33. The quantitative estimate of drug-likeness (QED) is 0.508. The van der Waals surface area contributed by atoms with E-state index in [1.807, 2.05) is 48.5 Å². The summed E-state index contributed by atoms with van der Waals surface area (Å²) in [7, 11) is 1.59. The average molecular weight is 450 g/mol. The van der Waals surface area contributed by atoms with Crippen molar-refractivity contribution in [3.63, 3.8) is 0 Å². The van der Waals surface area contributed by atoms with Crippen LogP contribution >= 0.6 is 12.2 Å². The van der Waals surface area contributed by atoms with Gasteiger partial charge in [-0.05, 0) is 55.5 Å². The van der Waals surface area contributed by atoms with Crippen LogP contribution in [0.15, 0.2) is 67.0 Å². The number of hydrogen-bond donors (Lipinski definition) is 2. The van der Waals surface area contributed by atoms with E-state index in [9.17, 15) is 4.79 Å². The Bertz CT molecular complexity index is 1080. The van der Waals surface area contributed by atoms with E-state index in [0.717, 1.165) is 17.9 Å². The van der Waals surface area contributed by atoms with Crippen molar-refractivity contribution in [2.45, 2.75) is 32.0 Å². The number of para-hydroxylation sites is 2. The van der Waals surface area contributed by atoms with E-state index >= 15 is 0 Å². The SMILES string of the molecule is CCn1cccc1[C@@H]1[C@@H](c2ccccn2)NC(=S)N1CCC(=O)Nc1ccccc1OC. The summed E-state index contributed by atoms with van der Waals surface area (Å²) in [6.45, 7) is 3.45. The molecule has 0 spiro atoms. The molecule has 7 nitrogen and oxygen atoms in total. The van der Waals surface area contributed by atoms with Crippen molar-refractivity contribution in [1.29, 1.82) is 0 Å². The number of nitrogens with one attached hydrogen (secondary N) is 2. The fourth-order valence-electron chi connectivity index (χ4n) is 4.13. The third-order valence-electron chi connectivity index (χ3n) is 5.67. The summed E-state index contributed by atoms with van der Waals surface area (Å²) in [5.41, 5.74) is 2.72. The van der Waals surface area contributed by atoms with Crippen LogP contribution in [-0.2, 0) is 11.3 Å². The first-order valence-electron chi connectivity index (χ1n) is 10.7. The number of aromatic nitrogens is 2. The number of pyridine rings is 1. The Morgan fingerprint density at radius 1 is 1.19 bits per heavy atom. The van der Waals surface area contributed by atoms with Crippen molar-refractivity contribution in [3.8, 4) is 5.75 Å². The number of amides is 1. The summed E-state index contributed by atoms with van der Waals surface area (Å²) >= 11 is 5.70. The molecule has 0 aliphatic carbocycles. The van der Waals surface area contributed by atoms with Gasteiger partial charge >= 0.3 is 0 Å². The summed E-state index contributed by atoms with van der Waals surface area (Å²) in [6.07, 6.45) is 4.15. The van der Waals surface area contributed by atoms with E-state index in [2.05, 4.69) is 44.3 Å². The monoisotopic (exact) mass is 449 g/mol. The minimum atomic E-state index is -0.0961. The Kier molecular flexibility index (Phi) is 6.70. The fourth-order valence-corrected chi connectivity index (χ4v) is 4.47. The van der Waals surface area contributed by atoms with Gasteiger partial charge in [0.1, 0.15) is 5.75 Å². The Balaban J connectivity index is 1.54. The highest BCUT2D eigenvalue weighted by Gasteiger charge is 2.40. The lowest BCUT2D eigenvalue weighted by atomic mass is 10.0. The van der Waals surface area contributed by atoms with Crippen LogP contribution in [0.4, 0.5) is 5.69 Å². The Hall–Kier alpha value is -3.39. The van der Waals surface area contributed by atoms with Gasteiger partial charge in [0.25, 0.3) is 0 Å². The van der Waals surface area contributed by atoms with Crippen LogP contribution in [0.5, 0.6) is 5.75 Å². The zero-order valence-electron chi connectivity index (χ0n) is 18.2. The molecular weight excluding hydrogens is 422 g/mol. The van der Waals surface area contributed by atoms with Gasteiger partial charge in [0.15, 0.2) is 5.11 Å². The molecule has 0 saturated carbocycles. The smallest absolute Gasteiger partial charge is 0.226 e. The number of aryl methyl sites for hydroxylation is 1. The molecule has 32 heavy (non-hydrogen) atoms. The van der Waals surface area contributed by atoms with Gasteiger partial charge in [-0.15, -0.1) is 0 Å². The number of rotatable bonds is 8. The van der Waals surface area contributed by atoms with Crippen LogP contribution in [0.2, 0.25) is 0 Å². The van der Waals surface area contributed by atoms with Crippen molar-refractivity contribution in [1.82, 2.24) is 19.8 Å². The highest BCUT2D eigenvalue weighted by atomic mass is 32.1. The van der Waals surface area contributed by atoms with Gasteiger partial charge in [0.2, 0.25) is 5.91 Å². The molecule has 0 unspecified atom stereocenters. The Labute approximate surface area is 193 Å². The second-order valence-corrected chi connectivity index (χ2v) is 7.92. The molecule has 166 valence electrons. The molecule has 0 bridgehead atoms. The molecule has 0 radical (unpaired) electrons. The molecule has 2 aromatic heterocycles. The summed E-state index contributed by atoms with van der Waals surface area (Å²) in [5.74, 6) is 0.538. The van der Waals surface area contributed by atoms with E-state index < -0.39 is 0 Å². The minimum absolute atomic E-state index is 0.0635. The maximum Gasteiger partial charge on any atom is 0.226 e. The number of carbonyl (C=O) groups excluding carboxylic acids is 1. The number of hydrogen-bond acceptors (Lipinski definition) is 4. The maximum absolute atomic E-state index is 12.7. The molecule has 2 N–H and O–H groups in total. The predicted octanol–water partition coefficient (Wildman–Crippen LogP) is 3.91. The number of benzene rings is 1. The van der Waals surface area contributed by atoms with Gasteiger partial charge in [0, 0.05) is 37.6 Å². The van der Waals surface area contributed by atoms with Crippen molar-refractivity contribution in [3.05, 3.63) is 78.4 Å². The normalized spacial score (nSPS) is 17.8. The molecule has 3 heterocycles. The summed E-state index contributed by atoms with van der Waals surface area (Å²) in [6, 6.07) is 17.3. The maximum atomic E-state index is 12.7. The van der Waals surface area contributed by atoms with Crippen molar-refractivity contribution < 1.29 is 9.53 Å². The van der Waals surface area contributed by atoms with Crippen molar-refractivity contribution in [2.24, 2.45) is 0 Å². The number of carbonyl (C=O) groups is 1. The second-order valence-electron chi connectivity index (χ2n) is 7.54. The standard InChI is InChI=1S/C24H27N5O2S/c1-3-28-15-8-11-19(28)23-22(18-10-6-7-14-25-18)27-24(32)29(23)16-13-21(30)26-17-9-4-5-12-20(17)31-2/h4-12,14-15,22-23H,3,13,16H2,1-2H3,(H,26,30)(H,27,32)/t22-,23-/m1/s1. The summed E-state index contributed by atoms with van der Waals surface area (Å²) < 4.78 is 7.54. The van der Waals surface area contributed by atoms with Crippen molar-refractivity contribution in [2.75, 3.05) is 19.0 Å².